The van der Waals surface area contributed by atoms with Crippen LogP contribution in [0, 0.1) is 0 Å². The summed E-state index contributed by atoms with van der Waals surface area (Å²) in [5.74, 6) is -0.305. The van der Waals surface area contributed by atoms with Crippen LogP contribution in [-0.4, -0.2) is 22.5 Å². The number of carbonyl (C=O) groups is 1. The monoisotopic (exact) mass is 332 g/mol. The van der Waals surface area contributed by atoms with Crippen molar-refractivity contribution in [2.75, 3.05) is 6.54 Å². The van der Waals surface area contributed by atoms with Gasteiger partial charge >= 0.3 is 0 Å². The van der Waals surface area contributed by atoms with Crippen molar-refractivity contribution in [2.24, 2.45) is 0 Å². The smallest absolute Gasteiger partial charge is 0.253 e. The van der Waals surface area contributed by atoms with Crippen LogP contribution >= 0.6 is 22.9 Å². The molecule has 2 aromatic heterocycles. The minimum atomic E-state index is -0.728. The molecule has 4 nitrogen and oxygen atoms in total. The van der Waals surface area contributed by atoms with Gasteiger partial charge in [0, 0.05) is 23.2 Å². The van der Waals surface area contributed by atoms with Crippen LogP contribution in [0.4, 0.5) is 0 Å². The van der Waals surface area contributed by atoms with E-state index >= 15 is 0 Å². The number of aliphatic hydroxyl groups excluding tert-OH is 1. The van der Waals surface area contributed by atoms with E-state index in [2.05, 4.69) is 10.3 Å². The van der Waals surface area contributed by atoms with Gasteiger partial charge in [-0.15, -0.1) is 0 Å². The molecule has 1 amide bonds. The lowest BCUT2D eigenvalue weighted by molar-refractivity contribution is 0.0918. The summed E-state index contributed by atoms with van der Waals surface area (Å²) < 4.78 is 0. The Morgan fingerprint density at radius 1 is 1.41 bits per heavy atom. The van der Waals surface area contributed by atoms with Gasteiger partial charge in [-0.1, -0.05) is 17.7 Å². The molecule has 1 atom stereocenters. The van der Waals surface area contributed by atoms with Gasteiger partial charge in [-0.25, -0.2) is 0 Å². The molecule has 0 bridgehead atoms. The fraction of sp³-hybridized carbons (Fsp3) is 0.125. The maximum absolute atomic E-state index is 12.4. The Balaban J connectivity index is 1.80. The van der Waals surface area contributed by atoms with E-state index in [0.717, 1.165) is 10.9 Å². The average molecular weight is 333 g/mol. The van der Waals surface area contributed by atoms with Crippen LogP contribution in [0.25, 0.3) is 10.9 Å². The molecule has 2 heterocycles. The van der Waals surface area contributed by atoms with Crippen molar-refractivity contribution >= 4 is 39.7 Å². The number of thiophene rings is 1. The largest absolute Gasteiger partial charge is 0.387 e. The van der Waals surface area contributed by atoms with E-state index in [1.807, 2.05) is 22.9 Å². The maximum Gasteiger partial charge on any atom is 0.253 e. The number of aromatic nitrogens is 1. The van der Waals surface area contributed by atoms with Crippen molar-refractivity contribution in [3.8, 4) is 0 Å². The molecule has 0 aliphatic rings. The van der Waals surface area contributed by atoms with Gasteiger partial charge in [0.15, 0.2) is 0 Å². The lowest BCUT2D eigenvalue weighted by Gasteiger charge is -2.12. The lowest BCUT2D eigenvalue weighted by Crippen LogP contribution is -2.28. The minimum Gasteiger partial charge on any atom is -0.387 e. The molecule has 22 heavy (non-hydrogen) atoms. The van der Waals surface area contributed by atoms with E-state index in [-0.39, 0.29) is 12.5 Å². The highest BCUT2D eigenvalue weighted by Crippen LogP contribution is 2.22. The summed E-state index contributed by atoms with van der Waals surface area (Å²) >= 11 is 7.56. The number of amides is 1. The number of fused-ring (bicyclic) bond motifs is 1. The molecule has 0 saturated heterocycles. The summed E-state index contributed by atoms with van der Waals surface area (Å²) in [4.78, 5) is 16.6. The first-order valence-electron chi connectivity index (χ1n) is 6.68. The van der Waals surface area contributed by atoms with E-state index < -0.39 is 6.10 Å². The minimum absolute atomic E-state index is 0.135. The predicted molar refractivity (Wildman–Crippen MR) is 88.4 cm³/mol. The fourth-order valence-electron chi connectivity index (χ4n) is 2.20. The quantitative estimate of drug-likeness (QED) is 0.769. The van der Waals surface area contributed by atoms with Gasteiger partial charge in [-0.2, -0.15) is 11.3 Å². The normalized spacial score (nSPS) is 12.3. The van der Waals surface area contributed by atoms with Crippen LogP contribution in [0.3, 0.4) is 0 Å². The number of carbonyl (C=O) groups excluding carboxylic acids is 1. The van der Waals surface area contributed by atoms with E-state index in [0.29, 0.717) is 16.1 Å². The third kappa shape index (κ3) is 3.11. The number of nitrogens with one attached hydrogen (secondary N) is 1. The number of aliphatic hydroxyl groups is 1. The Hall–Kier alpha value is -1.95. The second-order valence-electron chi connectivity index (χ2n) is 4.81. The highest BCUT2D eigenvalue weighted by atomic mass is 35.5. The zero-order chi connectivity index (χ0) is 15.5. The van der Waals surface area contributed by atoms with E-state index in [1.165, 1.54) is 11.3 Å². The molecule has 6 heteroatoms. The van der Waals surface area contributed by atoms with E-state index in [9.17, 15) is 9.90 Å². The summed E-state index contributed by atoms with van der Waals surface area (Å²) in [6.07, 6.45) is 0.904. The number of benzene rings is 1. The van der Waals surface area contributed by atoms with Crippen molar-refractivity contribution in [3.63, 3.8) is 0 Å². The number of nitrogens with zero attached hydrogens (tertiary/aromatic N) is 1. The molecule has 3 aromatic rings. The van der Waals surface area contributed by atoms with Crippen LogP contribution in [0.2, 0.25) is 5.02 Å². The van der Waals surface area contributed by atoms with Crippen LogP contribution < -0.4 is 5.32 Å². The fourth-order valence-corrected chi connectivity index (χ4v) is 3.13. The molecule has 3 rings (SSSR count). The molecule has 1 unspecified atom stereocenters. The Bertz CT molecular complexity index is 805. The van der Waals surface area contributed by atoms with Gasteiger partial charge in [0.05, 0.1) is 17.2 Å². The molecule has 0 fully saturated rings. The molecule has 0 aliphatic heterocycles. The topological polar surface area (TPSA) is 62.2 Å². The zero-order valence-corrected chi connectivity index (χ0v) is 13.1. The predicted octanol–water partition coefficient (Wildman–Crippen LogP) is 3.41. The molecule has 1 aromatic carbocycles. The summed E-state index contributed by atoms with van der Waals surface area (Å²) in [6.45, 7) is 0.135. The second-order valence-corrected chi connectivity index (χ2v) is 6.03. The van der Waals surface area contributed by atoms with Crippen molar-refractivity contribution in [3.05, 3.63) is 63.4 Å². The van der Waals surface area contributed by atoms with Crippen LogP contribution in [0.15, 0.2) is 47.3 Å². The molecular formula is C16H13ClN2O2S. The summed E-state index contributed by atoms with van der Waals surface area (Å²) in [6, 6.07) is 8.83. The molecule has 2 N–H and O–H groups in total. The standard InChI is InChI=1S/C16H13ClN2O2S/c17-12-6-10-2-1-4-18-15(10)13(7-12)16(21)19-8-14(20)11-3-5-22-9-11/h1-7,9,14,20H,8H2,(H,19,21). The molecule has 0 aliphatic carbocycles. The van der Waals surface area contributed by atoms with Gasteiger partial charge < -0.3 is 10.4 Å². The lowest BCUT2D eigenvalue weighted by atomic mass is 10.1. The van der Waals surface area contributed by atoms with Crippen LogP contribution in [-0.2, 0) is 0 Å². The Labute approximate surface area is 136 Å². The highest BCUT2D eigenvalue weighted by molar-refractivity contribution is 7.07. The third-order valence-corrected chi connectivity index (χ3v) is 4.22. The van der Waals surface area contributed by atoms with Gasteiger partial charge in [0.25, 0.3) is 5.91 Å². The first kappa shape index (κ1) is 15.0. The number of hydrogen-bond acceptors (Lipinski definition) is 4. The number of hydrogen-bond donors (Lipinski definition) is 2. The van der Waals surface area contributed by atoms with E-state index in [1.54, 1.807) is 24.4 Å². The van der Waals surface area contributed by atoms with Gasteiger partial charge in [0.2, 0.25) is 0 Å². The van der Waals surface area contributed by atoms with Crippen molar-refractivity contribution in [1.82, 2.24) is 10.3 Å². The first-order valence-corrected chi connectivity index (χ1v) is 8.00. The Kier molecular flexibility index (Phi) is 4.38. The number of pyridine rings is 1. The summed E-state index contributed by atoms with van der Waals surface area (Å²) in [5, 5.41) is 17.8. The molecule has 0 radical (unpaired) electrons. The average Bonchev–Trinajstić information content (AvgIpc) is 3.06. The van der Waals surface area contributed by atoms with Gasteiger partial charge in [-0.05, 0) is 40.6 Å². The molecular weight excluding hydrogens is 320 g/mol. The van der Waals surface area contributed by atoms with Gasteiger partial charge in [-0.3, -0.25) is 9.78 Å². The van der Waals surface area contributed by atoms with Crippen LogP contribution in [0.1, 0.15) is 22.0 Å². The van der Waals surface area contributed by atoms with Gasteiger partial charge in [0.1, 0.15) is 0 Å². The Morgan fingerprint density at radius 3 is 3.05 bits per heavy atom. The summed E-state index contributed by atoms with van der Waals surface area (Å²) in [7, 11) is 0. The number of halogens is 1. The molecule has 0 spiro atoms. The van der Waals surface area contributed by atoms with Crippen LogP contribution in [0.5, 0.6) is 0 Å². The maximum atomic E-state index is 12.4. The van der Waals surface area contributed by atoms with Crippen molar-refractivity contribution in [1.29, 1.82) is 0 Å². The molecule has 0 saturated carbocycles. The third-order valence-electron chi connectivity index (χ3n) is 3.30. The van der Waals surface area contributed by atoms with Crippen molar-refractivity contribution < 1.29 is 9.90 Å². The highest BCUT2D eigenvalue weighted by Gasteiger charge is 2.15. The zero-order valence-electron chi connectivity index (χ0n) is 11.5. The second kappa shape index (κ2) is 6.44. The SMILES string of the molecule is O=C(NCC(O)c1ccsc1)c1cc(Cl)cc2cccnc12. The number of rotatable bonds is 4. The summed E-state index contributed by atoms with van der Waals surface area (Å²) in [5.41, 5.74) is 1.79. The first-order chi connectivity index (χ1) is 10.6. The Morgan fingerprint density at radius 2 is 2.27 bits per heavy atom. The van der Waals surface area contributed by atoms with E-state index in [4.69, 9.17) is 11.6 Å². The van der Waals surface area contributed by atoms with Crippen molar-refractivity contribution in [2.45, 2.75) is 6.10 Å². The molecule has 112 valence electrons.